The van der Waals surface area contributed by atoms with E-state index >= 15 is 0 Å². The highest BCUT2D eigenvalue weighted by atomic mass is 16.4. The molecule has 6 heteroatoms. The van der Waals surface area contributed by atoms with Crippen LogP contribution in [0.2, 0.25) is 0 Å². The van der Waals surface area contributed by atoms with Crippen molar-refractivity contribution < 1.29 is 25.5 Å². The number of carbonyl (C=O) groups is 2. The number of aliphatic carboxylic acids is 1. The van der Waals surface area contributed by atoms with Crippen LogP contribution in [0.3, 0.4) is 0 Å². The number of nitrogens with one attached hydrogen (secondary N) is 1. The summed E-state index contributed by atoms with van der Waals surface area (Å²) in [4.78, 5) is 22.2. The Morgan fingerprint density at radius 2 is 1.88 bits per heavy atom. The number of carboxylic acids is 1. The number of aliphatic hydroxyl groups is 1. The molecule has 0 heterocycles. The second-order valence-corrected chi connectivity index (χ2v) is 4.36. The predicted octanol–water partition coefficient (Wildman–Crippen LogP) is -2.74. The maximum atomic E-state index is 11.5. The average molecular weight is 232 g/mol. The van der Waals surface area contributed by atoms with Gasteiger partial charge in [0.25, 0.3) is 5.91 Å². The molecule has 1 amide bonds. The molecule has 0 aliphatic carbocycles. The normalized spacial score (nSPS) is 16.6. The van der Waals surface area contributed by atoms with Crippen LogP contribution in [-0.4, -0.2) is 35.2 Å². The number of quaternary nitrogens is 1. The van der Waals surface area contributed by atoms with E-state index in [0.717, 1.165) is 0 Å². The minimum Gasteiger partial charge on any atom is -0.548 e. The monoisotopic (exact) mass is 232 g/mol. The van der Waals surface area contributed by atoms with Gasteiger partial charge < -0.3 is 26.1 Å². The van der Waals surface area contributed by atoms with Crippen molar-refractivity contribution in [2.75, 3.05) is 0 Å². The summed E-state index contributed by atoms with van der Waals surface area (Å²) in [5.74, 6) is -1.78. The largest absolute Gasteiger partial charge is 0.548 e. The summed E-state index contributed by atoms with van der Waals surface area (Å²) in [6.07, 6.45) is -0.623. The molecule has 0 aromatic rings. The van der Waals surface area contributed by atoms with E-state index in [1.54, 1.807) is 0 Å². The zero-order valence-corrected chi connectivity index (χ0v) is 9.90. The molecule has 0 aliphatic rings. The van der Waals surface area contributed by atoms with Gasteiger partial charge >= 0.3 is 0 Å². The molecule has 94 valence electrons. The number of carboxylic acid groups (broad SMARTS) is 1. The smallest absolute Gasteiger partial charge is 0.281 e. The third-order valence-corrected chi connectivity index (χ3v) is 2.23. The van der Waals surface area contributed by atoms with E-state index < -0.39 is 30.1 Å². The lowest BCUT2D eigenvalue weighted by atomic mass is 10.0. The van der Waals surface area contributed by atoms with Crippen LogP contribution in [0.4, 0.5) is 0 Å². The van der Waals surface area contributed by atoms with Crippen molar-refractivity contribution in [3.8, 4) is 0 Å². The molecule has 0 aromatic carbocycles. The van der Waals surface area contributed by atoms with E-state index in [4.69, 9.17) is 5.11 Å². The Balaban J connectivity index is 4.40. The van der Waals surface area contributed by atoms with Crippen molar-refractivity contribution in [3.05, 3.63) is 0 Å². The Morgan fingerprint density at radius 1 is 1.38 bits per heavy atom. The van der Waals surface area contributed by atoms with Gasteiger partial charge in [-0.25, -0.2) is 0 Å². The number of hydrogen-bond donors (Lipinski definition) is 3. The average Bonchev–Trinajstić information content (AvgIpc) is 2.14. The van der Waals surface area contributed by atoms with E-state index in [2.05, 4.69) is 11.1 Å². The van der Waals surface area contributed by atoms with E-state index in [9.17, 15) is 14.7 Å². The van der Waals surface area contributed by atoms with Gasteiger partial charge in [0.05, 0.1) is 12.0 Å². The zero-order valence-electron chi connectivity index (χ0n) is 9.90. The SMILES string of the molecule is CC(C)C[C@H](NC(=O)[C@@H]([NH3+])[C@@H](C)O)C(=O)[O-]. The Kier molecular flexibility index (Phi) is 5.98. The van der Waals surface area contributed by atoms with Crippen LogP contribution in [0.5, 0.6) is 0 Å². The fourth-order valence-electron chi connectivity index (χ4n) is 1.18. The lowest BCUT2D eigenvalue weighted by Gasteiger charge is -2.22. The maximum Gasteiger partial charge on any atom is 0.281 e. The van der Waals surface area contributed by atoms with E-state index in [0.29, 0.717) is 6.42 Å². The summed E-state index contributed by atoms with van der Waals surface area (Å²) in [6, 6.07) is -1.91. The van der Waals surface area contributed by atoms with Crippen molar-refractivity contribution in [1.82, 2.24) is 5.32 Å². The minimum atomic E-state index is -1.32. The lowest BCUT2D eigenvalue weighted by Crippen LogP contribution is -2.73. The summed E-state index contributed by atoms with van der Waals surface area (Å²) in [5, 5.41) is 22.2. The summed E-state index contributed by atoms with van der Waals surface area (Å²) in [6.45, 7) is 5.12. The molecule has 0 fully saturated rings. The quantitative estimate of drug-likeness (QED) is 0.460. The topological polar surface area (TPSA) is 117 Å². The summed E-state index contributed by atoms with van der Waals surface area (Å²) < 4.78 is 0. The van der Waals surface area contributed by atoms with Crippen molar-refractivity contribution in [3.63, 3.8) is 0 Å². The highest BCUT2D eigenvalue weighted by molar-refractivity contribution is 5.85. The molecule has 5 N–H and O–H groups in total. The molecule has 6 nitrogen and oxygen atoms in total. The Morgan fingerprint density at radius 3 is 2.19 bits per heavy atom. The molecular weight excluding hydrogens is 212 g/mol. The van der Waals surface area contributed by atoms with Gasteiger partial charge in [-0.3, -0.25) is 4.79 Å². The van der Waals surface area contributed by atoms with Gasteiger partial charge in [-0.1, -0.05) is 13.8 Å². The molecule has 3 atom stereocenters. The van der Waals surface area contributed by atoms with Gasteiger partial charge in [0, 0.05) is 0 Å². The van der Waals surface area contributed by atoms with Gasteiger partial charge in [0.15, 0.2) is 6.04 Å². The molecule has 0 bridgehead atoms. The van der Waals surface area contributed by atoms with Gasteiger partial charge in [0.1, 0.15) is 6.10 Å². The van der Waals surface area contributed by atoms with Crippen LogP contribution in [0.15, 0.2) is 0 Å². The van der Waals surface area contributed by atoms with Gasteiger partial charge in [-0.2, -0.15) is 0 Å². The summed E-state index contributed by atoms with van der Waals surface area (Å²) >= 11 is 0. The molecule has 0 rings (SSSR count). The van der Waals surface area contributed by atoms with Crippen LogP contribution in [0.25, 0.3) is 0 Å². The van der Waals surface area contributed by atoms with Crippen LogP contribution < -0.4 is 16.2 Å². The molecule has 0 spiro atoms. The zero-order chi connectivity index (χ0) is 12.9. The Labute approximate surface area is 94.8 Å². The molecule has 0 saturated heterocycles. The minimum absolute atomic E-state index is 0.123. The Hall–Kier alpha value is -1.14. The number of carbonyl (C=O) groups excluding carboxylic acids is 2. The van der Waals surface area contributed by atoms with Gasteiger partial charge in [0.2, 0.25) is 0 Å². The van der Waals surface area contributed by atoms with Crippen LogP contribution in [0, 0.1) is 5.92 Å². The first-order valence-electron chi connectivity index (χ1n) is 5.28. The number of aliphatic hydroxyl groups excluding tert-OH is 1. The molecule has 0 saturated carbocycles. The van der Waals surface area contributed by atoms with Crippen LogP contribution >= 0.6 is 0 Å². The molecular formula is C10H20N2O4. The molecule has 0 aliphatic heterocycles. The summed E-state index contributed by atoms with van der Waals surface area (Å²) in [7, 11) is 0. The first-order chi connectivity index (χ1) is 7.25. The second-order valence-electron chi connectivity index (χ2n) is 4.36. The first kappa shape index (κ1) is 14.9. The fraction of sp³-hybridized carbons (Fsp3) is 0.800. The lowest BCUT2D eigenvalue weighted by molar-refractivity contribution is -0.419. The van der Waals surface area contributed by atoms with Crippen molar-refractivity contribution in [1.29, 1.82) is 0 Å². The summed E-state index contributed by atoms with van der Waals surface area (Å²) in [5.41, 5.74) is 3.45. The van der Waals surface area contributed by atoms with Gasteiger partial charge in [-0.15, -0.1) is 0 Å². The Bertz CT molecular complexity index is 253. The first-order valence-corrected chi connectivity index (χ1v) is 5.28. The van der Waals surface area contributed by atoms with Crippen LogP contribution in [-0.2, 0) is 9.59 Å². The predicted molar refractivity (Wildman–Crippen MR) is 54.7 cm³/mol. The highest BCUT2D eigenvalue weighted by Crippen LogP contribution is 2.04. The number of hydrogen-bond acceptors (Lipinski definition) is 4. The third-order valence-electron chi connectivity index (χ3n) is 2.23. The second kappa shape index (κ2) is 6.44. The maximum absolute atomic E-state index is 11.5. The number of rotatable bonds is 6. The fourth-order valence-corrected chi connectivity index (χ4v) is 1.18. The molecule has 0 unspecified atom stereocenters. The molecule has 16 heavy (non-hydrogen) atoms. The molecule has 0 radical (unpaired) electrons. The van der Waals surface area contributed by atoms with Crippen LogP contribution in [0.1, 0.15) is 27.2 Å². The highest BCUT2D eigenvalue weighted by Gasteiger charge is 2.25. The van der Waals surface area contributed by atoms with Gasteiger partial charge in [-0.05, 0) is 19.3 Å². The van der Waals surface area contributed by atoms with E-state index in [1.807, 2.05) is 13.8 Å². The number of amides is 1. The van der Waals surface area contributed by atoms with E-state index in [-0.39, 0.29) is 5.92 Å². The third kappa shape index (κ3) is 5.09. The van der Waals surface area contributed by atoms with Crippen molar-refractivity contribution >= 4 is 11.9 Å². The standard InChI is InChI=1S/C10H20N2O4/c1-5(2)4-7(10(15)16)12-9(14)8(11)6(3)13/h5-8,13H,4,11H2,1-3H3,(H,12,14)(H,15,16)/t6-,7+,8+/m1/s1. The van der Waals surface area contributed by atoms with E-state index in [1.165, 1.54) is 6.92 Å². The van der Waals surface area contributed by atoms with Crippen molar-refractivity contribution in [2.45, 2.75) is 45.4 Å². The van der Waals surface area contributed by atoms with Crippen molar-refractivity contribution in [2.24, 2.45) is 5.92 Å². The molecule has 0 aromatic heterocycles.